The molecule has 1 aromatic carbocycles. The second kappa shape index (κ2) is 7.77. The van der Waals surface area contributed by atoms with Gasteiger partial charge in [0.1, 0.15) is 5.82 Å². The molecule has 2 heterocycles. The van der Waals surface area contributed by atoms with Crippen molar-refractivity contribution in [3.63, 3.8) is 0 Å². The molecule has 1 fully saturated rings. The third-order valence-corrected chi connectivity index (χ3v) is 4.51. The van der Waals surface area contributed by atoms with Gasteiger partial charge in [-0.2, -0.15) is 5.10 Å². The van der Waals surface area contributed by atoms with Crippen LogP contribution in [0.5, 0.6) is 0 Å². The Kier molecular flexibility index (Phi) is 5.96. The minimum Gasteiger partial charge on any atom is -0.351 e. The molecule has 5 nitrogen and oxygen atoms in total. The molecule has 2 aromatic rings. The van der Waals surface area contributed by atoms with Crippen LogP contribution in [-0.4, -0.2) is 35.7 Å². The van der Waals surface area contributed by atoms with Crippen LogP contribution in [0.3, 0.4) is 0 Å². The van der Waals surface area contributed by atoms with Gasteiger partial charge >= 0.3 is 0 Å². The maximum atomic E-state index is 13.9. The van der Waals surface area contributed by atoms with Gasteiger partial charge in [-0.05, 0) is 43.5 Å². The van der Waals surface area contributed by atoms with E-state index in [1.807, 2.05) is 0 Å². The number of hydrogen-bond acceptors (Lipinski definition) is 3. The summed E-state index contributed by atoms with van der Waals surface area (Å²) < 4.78 is 13.9. The summed E-state index contributed by atoms with van der Waals surface area (Å²) in [7, 11) is 0. The molecule has 7 heteroatoms. The Bertz CT molecular complexity index is 697. The maximum Gasteiger partial charge on any atom is 0.255 e. The van der Waals surface area contributed by atoms with E-state index in [9.17, 15) is 9.18 Å². The number of aromatic amines is 1. The van der Waals surface area contributed by atoms with E-state index in [4.69, 9.17) is 0 Å². The molecule has 0 unspecified atom stereocenters. The fourth-order valence-corrected chi connectivity index (χ4v) is 2.92. The number of carbonyl (C=O) groups excluding carboxylic acids is 1. The largest absolute Gasteiger partial charge is 0.351 e. The molecule has 1 amide bonds. The molecule has 24 heavy (non-hydrogen) atoms. The summed E-state index contributed by atoms with van der Waals surface area (Å²) in [4.78, 5) is 12.5. The summed E-state index contributed by atoms with van der Waals surface area (Å²) in [6.07, 6.45) is 3.50. The lowest BCUT2D eigenvalue weighted by molar-refractivity contribution is 0.0923. The van der Waals surface area contributed by atoms with Crippen LogP contribution in [0.2, 0.25) is 0 Å². The molecular weight excluding hydrogens is 331 g/mol. The molecule has 0 bridgehead atoms. The molecule has 0 saturated carbocycles. The molecular formula is C17H22ClFN4O. The van der Waals surface area contributed by atoms with Crippen LogP contribution < -0.4 is 10.6 Å². The van der Waals surface area contributed by atoms with Crippen LogP contribution in [0.25, 0.3) is 11.3 Å². The molecule has 0 spiro atoms. The average Bonchev–Trinajstić information content (AvgIpc) is 3.03. The molecule has 3 N–H and O–H groups in total. The second-order valence-corrected chi connectivity index (χ2v) is 6.38. The molecule has 0 aliphatic carbocycles. The highest BCUT2D eigenvalue weighted by atomic mass is 35.5. The number of nitrogens with zero attached hydrogens (tertiary/aromatic N) is 1. The summed E-state index contributed by atoms with van der Waals surface area (Å²) in [5.74, 6) is -0.604. The molecule has 1 saturated heterocycles. The molecule has 1 aliphatic rings. The average molecular weight is 353 g/mol. The van der Waals surface area contributed by atoms with E-state index in [0.717, 1.165) is 25.9 Å². The summed E-state index contributed by atoms with van der Waals surface area (Å²) in [6, 6.07) is 6.35. The van der Waals surface area contributed by atoms with E-state index in [-0.39, 0.29) is 29.5 Å². The summed E-state index contributed by atoms with van der Waals surface area (Å²) in [5, 5.41) is 12.9. The van der Waals surface area contributed by atoms with Crippen LogP contribution in [0.1, 0.15) is 30.1 Å². The predicted octanol–water partition coefficient (Wildman–Crippen LogP) is 2.76. The Morgan fingerprint density at radius 3 is 2.75 bits per heavy atom. The Labute approximate surface area is 146 Å². The number of rotatable bonds is 4. The van der Waals surface area contributed by atoms with Gasteiger partial charge in [0.05, 0.1) is 17.5 Å². The highest BCUT2D eigenvalue weighted by Gasteiger charge is 2.28. The van der Waals surface area contributed by atoms with Crippen LogP contribution >= 0.6 is 12.4 Å². The zero-order valence-electron chi connectivity index (χ0n) is 13.6. The van der Waals surface area contributed by atoms with Gasteiger partial charge in [0, 0.05) is 12.1 Å². The third kappa shape index (κ3) is 3.94. The van der Waals surface area contributed by atoms with Crippen LogP contribution in [0.4, 0.5) is 4.39 Å². The SMILES string of the molecule is CC1(CNC(=O)c2cn[nH]c2-c2ccccc2F)CCNCC1.Cl. The van der Waals surface area contributed by atoms with Gasteiger partial charge in [0.2, 0.25) is 0 Å². The zero-order valence-corrected chi connectivity index (χ0v) is 14.4. The third-order valence-electron chi connectivity index (χ3n) is 4.51. The predicted molar refractivity (Wildman–Crippen MR) is 93.8 cm³/mol. The van der Waals surface area contributed by atoms with Crippen LogP contribution in [0, 0.1) is 11.2 Å². The van der Waals surface area contributed by atoms with Crippen molar-refractivity contribution >= 4 is 18.3 Å². The minimum atomic E-state index is -0.379. The number of aromatic nitrogens is 2. The van der Waals surface area contributed by atoms with Gasteiger partial charge in [-0.1, -0.05) is 19.1 Å². The molecule has 0 atom stereocenters. The first kappa shape index (κ1) is 18.4. The van der Waals surface area contributed by atoms with Gasteiger partial charge in [-0.15, -0.1) is 12.4 Å². The topological polar surface area (TPSA) is 69.8 Å². The zero-order chi connectivity index (χ0) is 16.3. The fourth-order valence-electron chi connectivity index (χ4n) is 2.92. The van der Waals surface area contributed by atoms with Crippen LogP contribution in [0.15, 0.2) is 30.5 Å². The Morgan fingerprint density at radius 2 is 2.04 bits per heavy atom. The minimum absolute atomic E-state index is 0. The highest BCUT2D eigenvalue weighted by molar-refractivity contribution is 5.99. The quantitative estimate of drug-likeness (QED) is 0.792. The van der Waals surface area contributed by atoms with Crippen molar-refractivity contribution in [3.05, 3.63) is 41.8 Å². The molecule has 1 aliphatic heterocycles. The van der Waals surface area contributed by atoms with E-state index in [2.05, 4.69) is 27.8 Å². The number of carbonyl (C=O) groups is 1. The van der Waals surface area contributed by atoms with Gasteiger partial charge in [-0.25, -0.2) is 4.39 Å². The van der Waals surface area contributed by atoms with E-state index in [0.29, 0.717) is 23.4 Å². The first-order valence-corrected chi connectivity index (χ1v) is 7.86. The molecule has 1 aromatic heterocycles. The Hall–Kier alpha value is -1.92. The van der Waals surface area contributed by atoms with Crippen LogP contribution in [-0.2, 0) is 0 Å². The second-order valence-electron chi connectivity index (χ2n) is 6.38. The van der Waals surface area contributed by atoms with E-state index >= 15 is 0 Å². The smallest absolute Gasteiger partial charge is 0.255 e. The van der Waals surface area contributed by atoms with Crippen molar-refractivity contribution < 1.29 is 9.18 Å². The van der Waals surface area contributed by atoms with Gasteiger partial charge in [0.25, 0.3) is 5.91 Å². The highest BCUT2D eigenvalue weighted by Crippen LogP contribution is 2.27. The van der Waals surface area contributed by atoms with Crippen molar-refractivity contribution in [3.8, 4) is 11.3 Å². The number of benzene rings is 1. The Morgan fingerprint density at radius 1 is 1.33 bits per heavy atom. The summed E-state index contributed by atoms with van der Waals surface area (Å²) >= 11 is 0. The van der Waals surface area contributed by atoms with Gasteiger partial charge in [0.15, 0.2) is 0 Å². The lowest BCUT2D eigenvalue weighted by Gasteiger charge is -2.34. The Balaban J connectivity index is 0.00000208. The molecule has 130 valence electrons. The van der Waals surface area contributed by atoms with Crippen molar-refractivity contribution in [2.24, 2.45) is 5.41 Å². The number of hydrogen-bond donors (Lipinski definition) is 3. The number of piperidine rings is 1. The maximum absolute atomic E-state index is 13.9. The van der Waals surface area contributed by atoms with Crippen molar-refractivity contribution in [1.29, 1.82) is 0 Å². The molecule has 0 radical (unpaired) electrons. The van der Waals surface area contributed by atoms with Crippen molar-refractivity contribution in [2.75, 3.05) is 19.6 Å². The first-order chi connectivity index (χ1) is 11.1. The van der Waals surface area contributed by atoms with E-state index in [1.165, 1.54) is 12.3 Å². The van der Waals surface area contributed by atoms with Gasteiger partial charge < -0.3 is 10.6 Å². The van der Waals surface area contributed by atoms with Gasteiger partial charge in [-0.3, -0.25) is 9.89 Å². The number of nitrogens with one attached hydrogen (secondary N) is 3. The monoisotopic (exact) mass is 352 g/mol. The number of amides is 1. The van der Waals surface area contributed by atoms with Crippen molar-refractivity contribution in [2.45, 2.75) is 19.8 Å². The fraction of sp³-hybridized carbons (Fsp3) is 0.412. The summed E-state index contributed by atoms with van der Waals surface area (Å²) in [5.41, 5.74) is 1.23. The number of halogens is 2. The lowest BCUT2D eigenvalue weighted by Crippen LogP contribution is -2.42. The van der Waals surface area contributed by atoms with E-state index < -0.39 is 0 Å². The lowest BCUT2D eigenvalue weighted by atomic mass is 9.81. The standard InChI is InChI=1S/C17H21FN4O.ClH/c1-17(6-8-19-9-7-17)11-20-16(23)13-10-21-22-15(13)12-4-2-3-5-14(12)18;/h2-5,10,19H,6-9,11H2,1H3,(H,20,23)(H,21,22);1H. The molecule has 3 rings (SSSR count). The van der Waals surface area contributed by atoms with Crippen molar-refractivity contribution in [1.82, 2.24) is 20.8 Å². The number of H-pyrrole nitrogens is 1. The first-order valence-electron chi connectivity index (χ1n) is 7.86. The summed E-state index contributed by atoms with van der Waals surface area (Å²) in [6.45, 7) is 4.73. The van der Waals surface area contributed by atoms with E-state index in [1.54, 1.807) is 18.2 Å². The normalized spacial score (nSPS) is 16.2.